The van der Waals surface area contributed by atoms with Gasteiger partial charge in [-0.3, -0.25) is 4.79 Å². The highest BCUT2D eigenvalue weighted by Crippen LogP contribution is 2.41. The van der Waals surface area contributed by atoms with E-state index < -0.39 is 17.9 Å². The van der Waals surface area contributed by atoms with Crippen LogP contribution in [-0.2, 0) is 14.3 Å². The van der Waals surface area contributed by atoms with E-state index in [1.807, 2.05) is 30.3 Å². The first-order chi connectivity index (χ1) is 9.69. The van der Waals surface area contributed by atoms with Crippen LogP contribution in [0.2, 0.25) is 0 Å². The van der Waals surface area contributed by atoms with E-state index in [0.29, 0.717) is 5.75 Å². The molecule has 0 aliphatic carbocycles. The number of carbonyl (C=O) groups is 2. The predicted molar refractivity (Wildman–Crippen MR) is 77.7 cm³/mol. The Bertz CT molecular complexity index is 538. The molecule has 20 heavy (non-hydrogen) atoms. The van der Waals surface area contributed by atoms with Gasteiger partial charge in [-0.1, -0.05) is 30.3 Å². The van der Waals surface area contributed by atoms with Crippen molar-refractivity contribution in [2.45, 2.75) is 18.3 Å². The molecule has 0 aromatic heterocycles. The molecule has 104 valence electrons. The number of carbonyl (C=O) groups excluding carboxylic acids is 2. The van der Waals surface area contributed by atoms with E-state index in [1.165, 1.54) is 16.7 Å². The number of amides is 1. The van der Waals surface area contributed by atoms with Crippen molar-refractivity contribution in [3.8, 4) is 12.3 Å². The van der Waals surface area contributed by atoms with Crippen LogP contribution in [0.3, 0.4) is 0 Å². The molecular formula is C15H15NO3S. The first-order valence-corrected chi connectivity index (χ1v) is 7.36. The van der Waals surface area contributed by atoms with Gasteiger partial charge in [-0.15, -0.1) is 18.2 Å². The van der Waals surface area contributed by atoms with Crippen molar-refractivity contribution in [2.75, 3.05) is 12.4 Å². The van der Waals surface area contributed by atoms with Gasteiger partial charge in [-0.2, -0.15) is 0 Å². The number of benzene rings is 1. The lowest BCUT2D eigenvalue weighted by Crippen LogP contribution is -2.43. The van der Waals surface area contributed by atoms with Gasteiger partial charge >= 0.3 is 5.97 Å². The standard InChI is InChI=1S/C15H15NO3S/c1-3-13(17)16-12(15(18)19-4-2)10-20-14(16)11-8-6-5-7-9-11/h1,5-9,12,14H,4,10H2,2H3/t12?,14-/m0/s1. The van der Waals surface area contributed by atoms with Crippen molar-refractivity contribution < 1.29 is 14.3 Å². The maximum absolute atomic E-state index is 12.0. The molecule has 2 atom stereocenters. The summed E-state index contributed by atoms with van der Waals surface area (Å²) in [6, 6.07) is 8.91. The van der Waals surface area contributed by atoms with E-state index in [0.717, 1.165) is 5.56 Å². The summed E-state index contributed by atoms with van der Waals surface area (Å²) >= 11 is 1.52. The topological polar surface area (TPSA) is 46.6 Å². The van der Waals surface area contributed by atoms with Gasteiger partial charge < -0.3 is 9.64 Å². The fourth-order valence-corrected chi connectivity index (χ4v) is 3.54. The van der Waals surface area contributed by atoms with E-state index in [-0.39, 0.29) is 12.0 Å². The zero-order valence-electron chi connectivity index (χ0n) is 11.1. The fourth-order valence-electron chi connectivity index (χ4n) is 2.12. The Hall–Kier alpha value is -1.93. The Morgan fingerprint density at radius 3 is 2.75 bits per heavy atom. The van der Waals surface area contributed by atoms with Crippen LogP contribution in [0, 0.1) is 12.3 Å². The summed E-state index contributed by atoms with van der Waals surface area (Å²) < 4.78 is 5.02. The second-order valence-corrected chi connectivity index (χ2v) is 5.33. The molecule has 1 amide bonds. The van der Waals surface area contributed by atoms with Crippen LogP contribution in [0.25, 0.3) is 0 Å². The van der Waals surface area contributed by atoms with Crippen LogP contribution in [0.5, 0.6) is 0 Å². The molecule has 0 radical (unpaired) electrons. The van der Waals surface area contributed by atoms with Crippen LogP contribution < -0.4 is 0 Å². The first-order valence-electron chi connectivity index (χ1n) is 6.31. The van der Waals surface area contributed by atoms with Crippen molar-refractivity contribution in [2.24, 2.45) is 0 Å². The molecule has 2 rings (SSSR count). The summed E-state index contributed by atoms with van der Waals surface area (Å²) in [6.45, 7) is 2.02. The number of ether oxygens (including phenoxy) is 1. The molecule has 4 nitrogen and oxygen atoms in total. The Kier molecular flexibility index (Phi) is 4.70. The molecule has 1 aliphatic rings. The van der Waals surface area contributed by atoms with Crippen molar-refractivity contribution in [1.82, 2.24) is 4.90 Å². The molecule has 0 bridgehead atoms. The number of esters is 1. The molecule has 1 aliphatic heterocycles. The van der Waals surface area contributed by atoms with Crippen molar-refractivity contribution in [3.05, 3.63) is 35.9 Å². The molecule has 1 aromatic carbocycles. The summed E-state index contributed by atoms with van der Waals surface area (Å²) in [5.41, 5.74) is 0.952. The normalized spacial score (nSPS) is 21.3. The Morgan fingerprint density at radius 1 is 1.45 bits per heavy atom. The minimum atomic E-state index is -0.617. The number of thioether (sulfide) groups is 1. The Labute approximate surface area is 122 Å². The second kappa shape index (κ2) is 6.49. The van der Waals surface area contributed by atoms with Crippen molar-refractivity contribution in [1.29, 1.82) is 0 Å². The highest BCUT2D eigenvalue weighted by Gasteiger charge is 2.42. The Balaban J connectivity index is 2.29. The van der Waals surface area contributed by atoms with Crippen LogP contribution in [0.1, 0.15) is 17.9 Å². The van der Waals surface area contributed by atoms with Crippen LogP contribution >= 0.6 is 11.8 Å². The fraction of sp³-hybridized carbons (Fsp3) is 0.333. The molecule has 0 saturated carbocycles. The third kappa shape index (κ3) is 2.81. The lowest BCUT2D eigenvalue weighted by molar-refractivity contribution is -0.152. The van der Waals surface area contributed by atoms with Gasteiger partial charge in [-0.05, 0) is 18.4 Å². The summed E-state index contributed by atoms with van der Waals surface area (Å²) in [5, 5.41) is -0.242. The zero-order chi connectivity index (χ0) is 14.5. The zero-order valence-corrected chi connectivity index (χ0v) is 11.9. The Morgan fingerprint density at radius 2 is 2.15 bits per heavy atom. The monoisotopic (exact) mass is 289 g/mol. The van der Waals surface area contributed by atoms with E-state index in [4.69, 9.17) is 11.2 Å². The van der Waals surface area contributed by atoms with Gasteiger partial charge in [-0.25, -0.2) is 4.79 Å². The first kappa shape index (κ1) is 14.5. The second-order valence-electron chi connectivity index (χ2n) is 4.22. The molecule has 0 spiro atoms. The third-order valence-electron chi connectivity index (χ3n) is 3.00. The highest BCUT2D eigenvalue weighted by molar-refractivity contribution is 7.99. The molecule has 0 N–H and O–H groups in total. The van der Waals surface area contributed by atoms with Gasteiger partial charge in [0, 0.05) is 5.75 Å². The van der Waals surface area contributed by atoms with Gasteiger partial charge in [0.15, 0.2) is 0 Å². The van der Waals surface area contributed by atoms with E-state index in [1.54, 1.807) is 6.92 Å². The van der Waals surface area contributed by atoms with E-state index in [2.05, 4.69) is 5.92 Å². The van der Waals surface area contributed by atoms with Crippen molar-refractivity contribution >= 4 is 23.6 Å². The molecule has 1 fully saturated rings. The molecule has 1 aromatic rings. The third-order valence-corrected chi connectivity index (χ3v) is 4.32. The molecule has 1 unspecified atom stereocenters. The van der Waals surface area contributed by atoms with Crippen LogP contribution in [0.15, 0.2) is 30.3 Å². The maximum Gasteiger partial charge on any atom is 0.329 e. The minimum Gasteiger partial charge on any atom is -0.464 e. The SMILES string of the molecule is C#CC(=O)N1C(C(=O)OCC)CS[C@H]1c1ccccc1. The number of rotatable bonds is 3. The van der Waals surface area contributed by atoms with Gasteiger partial charge in [0.05, 0.1) is 6.61 Å². The maximum atomic E-state index is 12.0. The highest BCUT2D eigenvalue weighted by atomic mass is 32.2. The molecule has 5 heteroatoms. The average molecular weight is 289 g/mol. The van der Waals surface area contributed by atoms with E-state index in [9.17, 15) is 9.59 Å². The van der Waals surface area contributed by atoms with Gasteiger partial charge in [0.1, 0.15) is 11.4 Å². The molecule has 1 heterocycles. The largest absolute Gasteiger partial charge is 0.464 e. The smallest absolute Gasteiger partial charge is 0.329 e. The van der Waals surface area contributed by atoms with Crippen LogP contribution in [0.4, 0.5) is 0 Å². The lowest BCUT2D eigenvalue weighted by Gasteiger charge is -2.26. The van der Waals surface area contributed by atoms with Crippen molar-refractivity contribution in [3.63, 3.8) is 0 Å². The lowest BCUT2D eigenvalue weighted by atomic mass is 10.1. The number of nitrogens with zero attached hydrogens (tertiary/aromatic N) is 1. The van der Waals surface area contributed by atoms with Gasteiger partial charge in [0.2, 0.25) is 0 Å². The summed E-state index contributed by atoms with van der Waals surface area (Å²) in [6.07, 6.45) is 5.23. The molecular weight excluding hydrogens is 274 g/mol. The van der Waals surface area contributed by atoms with E-state index >= 15 is 0 Å². The average Bonchev–Trinajstić information content (AvgIpc) is 2.92. The van der Waals surface area contributed by atoms with Crippen LogP contribution in [-0.4, -0.2) is 35.2 Å². The summed E-state index contributed by atoms with van der Waals surface area (Å²) in [5.74, 6) is 1.71. The summed E-state index contributed by atoms with van der Waals surface area (Å²) in [4.78, 5) is 25.4. The minimum absolute atomic E-state index is 0.242. The number of hydrogen-bond donors (Lipinski definition) is 0. The van der Waals surface area contributed by atoms with Gasteiger partial charge in [0.25, 0.3) is 5.91 Å². The quantitative estimate of drug-likeness (QED) is 0.629. The summed E-state index contributed by atoms with van der Waals surface area (Å²) in [7, 11) is 0. The predicted octanol–water partition coefficient (Wildman–Crippen LogP) is 1.83. The number of terminal acetylenes is 1. The molecule has 1 saturated heterocycles. The number of hydrogen-bond acceptors (Lipinski definition) is 4.